The number of halogens is 1. The van der Waals surface area contributed by atoms with Crippen LogP contribution in [-0.4, -0.2) is 20.3 Å². The molecule has 2 heterocycles. The van der Waals surface area contributed by atoms with E-state index < -0.39 is 5.82 Å². The lowest BCUT2D eigenvalue weighted by Gasteiger charge is -2.06. The van der Waals surface area contributed by atoms with Crippen LogP contribution >= 0.6 is 0 Å². The van der Waals surface area contributed by atoms with E-state index in [1.807, 2.05) is 35.0 Å². The van der Waals surface area contributed by atoms with Gasteiger partial charge in [-0.25, -0.2) is 14.4 Å². The third kappa shape index (κ3) is 3.10. The molecule has 2 aromatic heterocycles. The molecule has 5 nitrogen and oxygen atoms in total. The van der Waals surface area contributed by atoms with Crippen molar-refractivity contribution in [2.45, 2.75) is 0 Å². The second-order valence-corrected chi connectivity index (χ2v) is 5.49. The van der Waals surface area contributed by atoms with Crippen molar-refractivity contribution >= 4 is 17.4 Å². The minimum Gasteiger partial charge on any atom is -0.322 e. The average Bonchev–Trinajstić information content (AvgIpc) is 3.06. The number of amides is 1. The van der Waals surface area contributed by atoms with Gasteiger partial charge in [0, 0.05) is 35.4 Å². The molecule has 0 bridgehead atoms. The van der Waals surface area contributed by atoms with Gasteiger partial charge in [-0.05, 0) is 36.4 Å². The maximum absolute atomic E-state index is 13.2. The zero-order valence-electron chi connectivity index (χ0n) is 13.1. The fourth-order valence-electron chi connectivity index (χ4n) is 2.53. The molecule has 1 N–H and O–H groups in total. The molecule has 0 unspecified atom stereocenters. The zero-order valence-corrected chi connectivity index (χ0v) is 13.1. The van der Waals surface area contributed by atoms with Crippen LogP contribution in [0.3, 0.4) is 0 Å². The molecule has 0 radical (unpaired) electrons. The van der Waals surface area contributed by atoms with Gasteiger partial charge in [0.1, 0.15) is 5.82 Å². The third-order valence-electron chi connectivity index (χ3n) is 3.76. The van der Waals surface area contributed by atoms with Crippen LogP contribution in [-0.2, 0) is 0 Å². The van der Waals surface area contributed by atoms with Crippen molar-refractivity contribution in [1.29, 1.82) is 0 Å². The topological polar surface area (TPSA) is 59.3 Å². The van der Waals surface area contributed by atoms with Gasteiger partial charge in [0.15, 0.2) is 0 Å². The number of nitrogens with one attached hydrogen (secondary N) is 1. The van der Waals surface area contributed by atoms with Crippen molar-refractivity contribution in [3.05, 3.63) is 84.6 Å². The minimum atomic E-state index is -0.441. The van der Waals surface area contributed by atoms with E-state index in [4.69, 9.17) is 0 Å². The molecule has 0 aliphatic carbocycles. The number of nitrogens with zero attached hydrogens (tertiary/aromatic N) is 3. The molecule has 0 spiro atoms. The Hall–Kier alpha value is -3.54. The van der Waals surface area contributed by atoms with E-state index in [-0.39, 0.29) is 11.5 Å². The summed E-state index contributed by atoms with van der Waals surface area (Å²) < 4.78 is 15.0. The van der Waals surface area contributed by atoms with Crippen molar-refractivity contribution in [2.75, 3.05) is 5.32 Å². The van der Waals surface area contributed by atoms with Crippen LogP contribution in [0.1, 0.15) is 10.4 Å². The van der Waals surface area contributed by atoms with Gasteiger partial charge >= 0.3 is 0 Å². The fraction of sp³-hybridized carbons (Fsp3) is 0. The van der Waals surface area contributed by atoms with Gasteiger partial charge in [0.2, 0.25) is 5.78 Å². The smallest absolute Gasteiger partial charge is 0.255 e. The van der Waals surface area contributed by atoms with Crippen molar-refractivity contribution in [3.63, 3.8) is 0 Å². The number of carbonyl (C=O) groups excluding carboxylic acids is 1. The Morgan fingerprint density at radius 3 is 2.68 bits per heavy atom. The Bertz CT molecular complexity index is 1020. The van der Waals surface area contributed by atoms with Gasteiger partial charge in [-0.15, -0.1) is 0 Å². The monoisotopic (exact) mass is 332 g/mol. The average molecular weight is 332 g/mol. The molecule has 0 atom stereocenters. The second kappa shape index (κ2) is 6.16. The van der Waals surface area contributed by atoms with Gasteiger partial charge < -0.3 is 5.32 Å². The predicted molar refractivity (Wildman–Crippen MR) is 92.8 cm³/mol. The predicted octanol–water partition coefficient (Wildman–Crippen LogP) is 3.79. The summed E-state index contributed by atoms with van der Waals surface area (Å²) in [6.07, 6.45) is 5.46. The lowest BCUT2D eigenvalue weighted by Crippen LogP contribution is -2.11. The van der Waals surface area contributed by atoms with Crippen molar-refractivity contribution in [2.24, 2.45) is 0 Å². The summed E-state index contributed by atoms with van der Waals surface area (Å²) in [5.41, 5.74) is 2.60. The first kappa shape index (κ1) is 15.0. The molecule has 0 aliphatic rings. The number of carbonyl (C=O) groups is 1. The first-order valence-electron chi connectivity index (χ1n) is 7.66. The standard InChI is InChI=1S/C19H13FN4O/c20-15-4-1-3-14(11-15)18(25)22-16-7-5-13(6-8-16)17-12-24-10-2-9-21-19(24)23-17/h1-12H,(H,22,25). The first-order chi connectivity index (χ1) is 12.2. The lowest BCUT2D eigenvalue weighted by molar-refractivity contribution is 0.102. The van der Waals surface area contributed by atoms with Crippen molar-refractivity contribution in [3.8, 4) is 11.3 Å². The van der Waals surface area contributed by atoms with Crippen LogP contribution in [0.25, 0.3) is 17.0 Å². The van der Waals surface area contributed by atoms with E-state index in [0.717, 1.165) is 11.3 Å². The molecule has 6 heteroatoms. The number of aromatic nitrogens is 3. The van der Waals surface area contributed by atoms with E-state index in [1.54, 1.807) is 24.4 Å². The number of rotatable bonds is 3. The summed E-state index contributed by atoms with van der Waals surface area (Å²) in [4.78, 5) is 20.8. The van der Waals surface area contributed by atoms with E-state index in [2.05, 4.69) is 15.3 Å². The van der Waals surface area contributed by atoms with E-state index in [0.29, 0.717) is 11.5 Å². The molecule has 0 saturated heterocycles. The molecule has 1 amide bonds. The molecule has 4 rings (SSSR count). The molecule has 0 aliphatic heterocycles. The van der Waals surface area contributed by atoms with Gasteiger partial charge in [-0.3, -0.25) is 9.20 Å². The maximum atomic E-state index is 13.2. The highest BCUT2D eigenvalue weighted by molar-refractivity contribution is 6.04. The molecule has 122 valence electrons. The van der Waals surface area contributed by atoms with E-state index in [9.17, 15) is 9.18 Å². The molecule has 0 saturated carbocycles. The SMILES string of the molecule is O=C(Nc1ccc(-c2cn3cccnc3n2)cc1)c1cccc(F)c1. The van der Waals surface area contributed by atoms with Crippen LogP contribution in [0.2, 0.25) is 0 Å². The maximum Gasteiger partial charge on any atom is 0.255 e. The Morgan fingerprint density at radius 1 is 1.08 bits per heavy atom. The number of benzene rings is 2. The van der Waals surface area contributed by atoms with Crippen molar-refractivity contribution < 1.29 is 9.18 Å². The van der Waals surface area contributed by atoms with Gasteiger partial charge in [-0.2, -0.15) is 0 Å². The molecule has 25 heavy (non-hydrogen) atoms. The normalized spacial score (nSPS) is 10.8. The third-order valence-corrected chi connectivity index (χ3v) is 3.76. The summed E-state index contributed by atoms with van der Waals surface area (Å²) in [6.45, 7) is 0. The molecular weight excluding hydrogens is 319 g/mol. The number of imidazole rings is 1. The Balaban J connectivity index is 1.54. The highest BCUT2D eigenvalue weighted by Gasteiger charge is 2.08. The van der Waals surface area contributed by atoms with E-state index >= 15 is 0 Å². The minimum absolute atomic E-state index is 0.274. The summed E-state index contributed by atoms with van der Waals surface area (Å²) in [5.74, 6) is -0.173. The van der Waals surface area contributed by atoms with Gasteiger partial charge in [-0.1, -0.05) is 18.2 Å². The van der Waals surface area contributed by atoms with Gasteiger partial charge in [0.05, 0.1) is 5.69 Å². The molecular formula is C19H13FN4O. The number of fused-ring (bicyclic) bond motifs is 1. The van der Waals surface area contributed by atoms with E-state index in [1.165, 1.54) is 18.2 Å². The van der Waals surface area contributed by atoms with Crippen molar-refractivity contribution in [1.82, 2.24) is 14.4 Å². The van der Waals surface area contributed by atoms with Crippen LogP contribution in [0.5, 0.6) is 0 Å². The summed E-state index contributed by atoms with van der Waals surface area (Å²) >= 11 is 0. The summed E-state index contributed by atoms with van der Waals surface area (Å²) in [6, 6.07) is 14.7. The zero-order chi connectivity index (χ0) is 17.2. The Labute approximate surface area is 142 Å². The van der Waals surface area contributed by atoms with Crippen LogP contribution < -0.4 is 5.32 Å². The van der Waals surface area contributed by atoms with Crippen LogP contribution in [0.15, 0.2) is 73.2 Å². The first-order valence-corrected chi connectivity index (χ1v) is 7.66. The quantitative estimate of drug-likeness (QED) is 0.621. The summed E-state index contributed by atoms with van der Waals surface area (Å²) in [5, 5.41) is 2.75. The Kier molecular flexibility index (Phi) is 3.70. The molecule has 2 aromatic carbocycles. The number of hydrogen-bond acceptors (Lipinski definition) is 3. The number of hydrogen-bond donors (Lipinski definition) is 1. The molecule has 0 fully saturated rings. The lowest BCUT2D eigenvalue weighted by atomic mass is 10.1. The van der Waals surface area contributed by atoms with Gasteiger partial charge in [0.25, 0.3) is 5.91 Å². The largest absolute Gasteiger partial charge is 0.322 e. The van der Waals surface area contributed by atoms with Crippen LogP contribution in [0.4, 0.5) is 10.1 Å². The molecule has 4 aromatic rings. The fourth-order valence-corrected chi connectivity index (χ4v) is 2.53. The van der Waals surface area contributed by atoms with Crippen LogP contribution in [0, 0.1) is 5.82 Å². The second-order valence-electron chi connectivity index (χ2n) is 5.49. The highest BCUT2D eigenvalue weighted by Crippen LogP contribution is 2.21. The summed E-state index contributed by atoms with van der Waals surface area (Å²) in [7, 11) is 0. The number of anilines is 1. The highest BCUT2D eigenvalue weighted by atomic mass is 19.1. The Morgan fingerprint density at radius 2 is 1.92 bits per heavy atom.